The third-order valence-corrected chi connectivity index (χ3v) is 2.30. The Morgan fingerprint density at radius 2 is 2.07 bits per heavy atom. The molecule has 0 saturated carbocycles. The van der Waals surface area contributed by atoms with Gasteiger partial charge in [-0.05, 0) is 5.56 Å². The van der Waals surface area contributed by atoms with Crippen LogP contribution in [0.3, 0.4) is 0 Å². The molecule has 1 aliphatic rings. The molecule has 1 saturated heterocycles. The zero-order valence-electron chi connectivity index (χ0n) is 8.72. The van der Waals surface area contributed by atoms with Crippen LogP contribution in [0, 0.1) is 0 Å². The summed E-state index contributed by atoms with van der Waals surface area (Å²) < 4.78 is 16.3. The van der Waals surface area contributed by atoms with Crippen molar-refractivity contribution in [3.05, 3.63) is 35.9 Å². The van der Waals surface area contributed by atoms with E-state index < -0.39 is 0 Å². The summed E-state index contributed by atoms with van der Waals surface area (Å²) in [5, 5.41) is 0. The molecule has 1 aliphatic heterocycles. The molecule has 0 aromatic heterocycles. The Bertz CT molecular complexity index is 267. The molecule has 1 aromatic rings. The number of benzene rings is 1. The van der Waals surface area contributed by atoms with Crippen LogP contribution < -0.4 is 0 Å². The van der Waals surface area contributed by atoms with Crippen molar-refractivity contribution in [3.8, 4) is 0 Å². The maximum absolute atomic E-state index is 5.55. The van der Waals surface area contributed by atoms with Crippen LogP contribution >= 0.6 is 0 Å². The lowest BCUT2D eigenvalue weighted by Crippen LogP contribution is -2.32. The Balaban J connectivity index is 1.66. The molecule has 2 rings (SSSR count). The Kier molecular flexibility index (Phi) is 4.14. The Labute approximate surface area is 90.0 Å². The van der Waals surface area contributed by atoms with E-state index in [2.05, 4.69) is 12.1 Å². The second-order valence-electron chi connectivity index (χ2n) is 3.57. The van der Waals surface area contributed by atoms with Crippen molar-refractivity contribution in [2.24, 2.45) is 0 Å². The smallest absolute Gasteiger partial charge is 0.104 e. The maximum Gasteiger partial charge on any atom is 0.104 e. The molecule has 0 radical (unpaired) electrons. The highest BCUT2D eigenvalue weighted by Gasteiger charge is 2.13. The number of hydrogen-bond acceptors (Lipinski definition) is 3. The van der Waals surface area contributed by atoms with E-state index in [1.807, 2.05) is 18.2 Å². The maximum atomic E-state index is 5.55. The molecule has 0 aliphatic carbocycles. The van der Waals surface area contributed by atoms with Crippen molar-refractivity contribution in [3.63, 3.8) is 0 Å². The van der Waals surface area contributed by atoms with Crippen molar-refractivity contribution >= 4 is 0 Å². The topological polar surface area (TPSA) is 27.7 Å². The third-order valence-electron chi connectivity index (χ3n) is 2.30. The standard InChI is InChI=1S/C12H16O3/c1-2-4-11(5-3-1)8-14-10-12-9-13-6-7-15-12/h1-5,12H,6-10H2. The van der Waals surface area contributed by atoms with E-state index in [4.69, 9.17) is 14.2 Å². The third kappa shape index (κ3) is 3.63. The molecule has 1 heterocycles. The minimum atomic E-state index is 0.0995. The van der Waals surface area contributed by atoms with Crippen LogP contribution in [-0.2, 0) is 20.8 Å². The van der Waals surface area contributed by atoms with E-state index in [1.165, 1.54) is 5.56 Å². The number of rotatable bonds is 4. The summed E-state index contributed by atoms with van der Waals surface area (Å²) in [6, 6.07) is 10.1. The molecule has 0 N–H and O–H groups in total. The van der Waals surface area contributed by atoms with Crippen LogP contribution in [0.2, 0.25) is 0 Å². The Hall–Kier alpha value is -0.900. The normalized spacial score (nSPS) is 21.5. The fourth-order valence-corrected chi connectivity index (χ4v) is 1.52. The summed E-state index contributed by atoms with van der Waals surface area (Å²) in [5.41, 5.74) is 1.19. The molecule has 82 valence electrons. The molecule has 1 aromatic carbocycles. The van der Waals surface area contributed by atoms with E-state index in [-0.39, 0.29) is 6.10 Å². The predicted molar refractivity (Wildman–Crippen MR) is 56.7 cm³/mol. The van der Waals surface area contributed by atoms with Crippen LogP contribution in [0.4, 0.5) is 0 Å². The van der Waals surface area contributed by atoms with Crippen LogP contribution in [0.25, 0.3) is 0 Å². The molecule has 3 nitrogen and oxygen atoms in total. The zero-order valence-corrected chi connectivity index (χ0v) is 8.72. The van der Waals surface area contributed by atoms with Gasteiger partial charge in [0.2, 0.25) is 0 Å². The Morgan fingerprint density at radius 3 is 2.80 bits per heavy atom. The minimum absolute atomic E-state index is 0.0995. The molecule has 0 spiro atoms. The fourth-order valence-electron chi connectivity index (χ4n) is 1.52. The summed E-state index contributed by atoms with van der Waals surface area (Å²) >= 11 is 0. The molecule has 3 heteroatoms. The van der Waals surface area contributed by atoms with Crippen molar-refractivity contribution in [1.82, 2.24) is 0 Å². The van der Waals surface area contributed by atoms with Gasteiger partial charge >= 0.3 is 0 Å². The summed E-state index contributed by atoms with van der Waals surface area (Å²) in [6.07, 6.45) is 0.0995. The molecule has 1 atom stereocenters. The van der Waals surface area contributed by atoms with Gasteiger partial charge in [-0.1, -0.05) is 30.3 Å². The molecule has 0 bridgehead atoms. The van der Waals surface area contributed by atoms with Gasteiger partial charge in [-0.15, -0.1) is 0 Å². The van der Waals surface area contributed by atoms with Gasteiger partial charge < -0.3 is 14.2 Å². The van der Waals surface area contributed by atoms with Gasteiger partial charge in [-0.25, -0.2) is 0 Å². The van der Waals surface area contributed by atoms with Gasteiger partial charge in [0.25, 0.3) is 0 Å². The van der Waals surface area contributed by atoms with E-state index in [0.29, 0.717) is 33.0 Å². The second-order valence-corrected chi connectivity index (χ2v) is 3.57. The quantitative estimate of drug-likeness (QED) is 0.752. The van der Waals surface area contributed by atoms with Gasteiger partial charge in [0.05, 0.1) is 33.0 Å². The van der Waals surface area contributed by atoms with Crippen molar-refractivity contribution < 1.29 is 14.2 Å². The van der Waals surface area contributed by atoms with E-state index in [9.17, 15) is 0 Å². The Morgan fingerprint density at radius 1 is 1.20 bits per heavy atom. The van der Waals surface area contributed by atoms with E-state index in [1.54, 1.807) is 0 Å². The lowest BCUT2D eigenvalue weighted by Gasteiger charge is -2.22. The summed E-state index contributed by atoms with van der Waals surface area (Å²) in [7, 11) is 0. The molecular formula is C12H16O3. The first-order valence-electron chi connectivity index (χ1n) is 5.26. The summed E-state index contributed by atoms with van der Waals surface area (Å²) in [5.74, 6) is 0. The SMILES string of the molecule is c1ccc(COCC2COCCO2)cc1. The van der Waals surface area contributed by atoms with Crippen molar-refractivity contribution in [2.75, 3.05) is 26.4 Å². The molecule has 15 heavy (non-hydrogen) atoms. The highest BCUT2D eigenvalue weighted by atomic mass is 16.6. The van der Waals surface area contributed by atoms with Crippen molar-refractivity contribution in [1.29, 1.82) is 0 Å². The second kappa shape index (κ2) is 5.85. The highest BCUT2D eigenvalue weighted by Crippen LogP contribution is 2.04. The predicted octanol–water partition coefficient (Wildman–Crippen LogP) is 1.62. The van der Waals surface area contributed by atoms with E-state index in [0.717, 1.165) is 0 Å². The monoisotopic (exact) mass is 208 g/mol. The zero-order chi connectivity index (χ0) is 10.3. The van der Waals surface area contributed by atoms with Crippen molar-refractivity contribution in [2.45, 2.75) is 12.7 Å². The van der Waals surface area contributed by atoms with Gasteiger partial charge in [0.1, 0.15) is 6.10 Å². The fraction of sp³-hybridized carbons (Fsp3) is 0.500. The van der Waals surface area contributed by atoms with Gasteiger partial charge in [-0.2, -0.15) is 0 Å². The van der Waals surface area contributed by atoms with Crippen LogP contribution in [0.15, 0.2) is 30.3 Å². The average Bonchev–Trinajstić information content (AvgIpc) is 2.32. The first-order valence-corrected chi connectivity index (χ1v) is 5.26. The van der Waals surface area contributed by atoms with Gasteiger partial charge in [0, 0.05) is 0 Å². The molecule has 1 fully saturated rings. The molecule has 1 unspecified atom stereocenters. The summed E-state index contributed by atoms with van der Waals surface area (Å²) in [6.45, 7) is 3.28. The average molecular weight is 208 g/mol. The van der Waals surface area contributed by atoms with Crippen LogP contribution in [-0.4, -0.2) is 32.5 Å². The number of ether oxygens (including phenoxy) is 3. The molecule has 0 amide bonds. The van der Waals surface area contributed by atoms with Gasteiger partial charge in [0.15, 0.2) is 0 Å². The largest absolute Gasteiger partial charge is 0.376 e. The lowest BCUT2D eigenvalue weighted by molar-refractivity contribution is -0.117. The number of hydrogen-bond donors (Lipinski definition) is 0. The molecular weight excluding hydrogens is 192 g/mol. The first-order chi connectivity index (χ1) is 7.45. The summed E-state index contributed by atoms with van der Waals surface area (Å²) in [4.78, 5) is 0. The van der Waals surface area contributed by atoms with Crippen LogP contribution in [0.5, 0.6) is 0 Å². The van der Waals surface area contributed by atoms with Crippen LogP contribution in [0.1, 0.15) is 5.56 Å². The van der Waals surface area contributed by atoms with E-state index >= 15 is 0 Å². The minimum Gasteiger partial charge on any atom is -0.376 e. The van der Waals surface area contributed by atoms with Gasteiger partial charge in [-0.3, -0.25) is 0 Å². The first kappa shape index (κ1) is 10.6. The lowest BCUT2D eigenvalue weighted by atomic mass is 10.2. The highest BCUT2D eigenvalue weighted by molar-refractivity contribution is 5.13.